The number of carbonyl (C=O) groups excluding carboxylic acids is 1. The quantitative estimate of drug-likeness (QED) is 0.760. The Morgan fingerprint density at radius 2 is 2.07 bits per heavy atom. The van der Waals surface area contributed by atoms with Crippen LogP contribution in [0, 0.1) is 6.92 Å². The van der Waals surface area contributed by atoms with E-state index in [0.717, 1.165) is 5.56 Å². The highest BCUT2D eigenvalue weighted by molar-refractivity contribution is 6.05. The second-order valence-corrected chi connectivity index (χ2v) is 4.47. The monoisotopic (exact) mass is 206 g/mol. The standard InChI is InChI=1S/C12H14O3/c1-7-5-4-6-8-9(13)11(12(2,3)14)15-10(7)8/h4-6,11,14H,1-3H3. The number of hydrogen-bond acceptors (Lipinski definition) is 3. The zero-order chi connectivity index (χ0) is 11.2. The van der Waals surface area contributed by atoms with Crippen LogP contribution in [0.15, 0.2) is 18.2 Å². The molecule has 1 atom stereocenters. The number of aryl methyl sites for hydroxylation is 1. The molecule has 0 radical (unpaired) electrons. The zero-order valence-corrected chi connectivity index (χ0v) is 9.07. The minimum absolute atomic E-state index is 0.138. The Kier molecular flexibility index (Phi) is 2.08. The summed E-state index contributed by atoms with van der Waals surface area (Å²) in [5.74, 6) is 0.468. The molecule has 0 aliphatic carbocycles. The number of para-hydroxylation sites is 1. The molecular formula is C12H14O3. The summed E-state index contributed by atoms with van der Waals surface area (Å²) >= 11 is 0. The molecule has 0 aromatic heterocycles. The fourth-order valence-corrected chi connectivity index (χ4v) is 1.78. The number of rotatable bonds is 1. The first-order valence-electron chi connectivity index (χ1n) is 4.94. The lowest BCUT2D eigenvalue weighted by atomic mass is 9.96. The second kappa shape index (κ2) is 3.07. The van der Waals surface area contributed by atoms with Crippen molar-refractivity contribution in [2.24, 2.45) is 0 Å². The average molecular weight is 206 g/mol. The van der Waals surface area contributed by atoms with E-state index in [1.165, 1.54) is 0 Å². The maximum absolute atomic E-state index is 11.9. The van der Waals surface area contributed by atoms with E-state index < -0.39 is 11.7 Å². The number of aliphatic hydroxyl groups is 1. The molecule has 1 unspecified atom stereocenters. The summed E-state index contributed by atoms with van der Waals surface area (Å²) in [5, 5.41) is 9.81. The minimum atomic E-state index is -1.15. The van der Waals surface area contributed by atoms with Crippen LogP contribution in [0.3, 0.4) is 0 Å². The van der Waals surface area contributed by atoms with Crippen LogP contribution in [-0.4, -0.2) is 22.6 Å². The van der Waals surface area contributed by atoms with Crippen molar-refractivity contribution in [2.75, 3.05) is 0 Å². The fraction of sp³-hybridized carbons (Fsp3) is 0.417. The molecule has 2 rings (SSSR count). The SMILES string of the molecule is Cc1cccc2c1OC(C(C)(C)O)C2=O. The Hall–Kier alpha value is -1.35. The molecule has 3 nitrogen and oxygen atoms in total. The van der Waals surface area contributed by atoms with Crippen molar-refractivity contribution in [3.8, 4) is 5.75 Å². The van der Waals surface area contributed by atoms with Crippen LogP contribution in [0.2, 0.25) is 0 Å². The summed E-state index contributed by atoms with van der Waals surface area (Å²) in [6.07, 6.45) is -0.784. The van der Waals surface area contributed by atoms with Gasteiger partial charge >= 0.3 is 0 Å². The number of Topliss-reactive ketones (excluding diaryl/α,β-unsaturated/α-hetero) is 1. The van der Waals surface area contributed by atoms with Crippen molar-refractivity contribution in [3.05, 3.63) is 29.3 Å². The lowest BCUT2D eigenvalue weighted by Gasteiger charge is -2.23. The van der Waals surface area contributed by atoms with Gasteiger partial charge in [0.25, 0.3) is 0 Å². The summed E-state index contributed by atoms with van der Waals surface area (Å²) < 4.78 is 5.51. The molecular weight excluding hydrogens is 192 g/mol. The summed E-state index contributed by atoms with van der Waals surface area (Å²) in [4.78, 5) is 11.9. The van der Waals surface area contributed by atoms with Crippen LogP contribution in [0.1, 0.15) is 29.8 Å². The highest BCUT2D eigenvalue weighted by Gasteiger charge is 2.42. The third kappa shape index (κ3) is 1.53. The Balaban J connectivity index is 2.46. The van der Waals surface area contributed by atoms with Crippen molar-refractivity contribution in [1.29, 1.82) is 0 Å². The van der Waals surface area contributed by atoms with E-state index in [0.29, 0.717) is 11.3 Å². The molecule has 1 aromatic rings. The van der Waals surface area contributed by atoms with Crippen molar-refractivity contribution >= 4 is 5.78 Å². The third-order valence-electron chi connectivity index (χ3n) is 2.59. The molecule has 0 saturated carbocycles. The number of ketones is 1. The molecule has 80 valence electrons. The van der Waals surface area contributed by atoms with Gasteiger partial charge in [-0.25, -0.2) is 0 Å². The van der Waals surface area contributed by atoms with E-state index in [2.05, 4.69) is 0 Å². The summed E-state index contributed by atoms with van der Waals surface area (Å²) in [7, 11) is 0. The first kappa shape index (κ1) is 10.2. The molecule has 0 amide bonds. The molecule has 1 aromatic carbocycles. The molecule has 0 saturated heterocycles. The van der Waals surface area contributed by atoms with Crippen molar-refractivity contribution < 1.29 is 14.6 Å². The molecule has 1 heterocycles. The fourth-order valence-electron chi connectivity index (χ4n) is 1.78. The van der Waals surface area contributed by atoms with Gasteiger partial charge in [0, 0.05) is 0 Å². The van der Waals surface area contributed by atoms with Gasteiger partial charge in [0.05, 0.1) is 5.56 Å². The van der Waals surface area contributed by atoms with Gasteiger partial charge in [-0.3, -0.25) is 4.79 Å². The zero-order valence-electron chi connectivity index (χ0n) is 9.07. The smallest absolute Gasteiger partial charge is 0.210 e. The predicted octanol–water partition coefficient (Wildman–Crippen LogP) is 1.71. The molecule has 15 heavy (non-hydrogen) atoms. The molecule has 1 N–H and O–H groups in total. The number of benzene rings is 1. The van der Waals surface area contributed by atoms with E-state index in [-0.39, 0.29) is 5.78 Å². The van der Waals surface area contributed by atoms with Gasteiger partial charge in [-0.15, -0.1) is 0 Å². The van der Waals surface area contributed by atoms with Gasteiger partial charge < -0.3 is 9.84 Å². The second-order valence-electron chi connectivity index (χ2n) is 4.47. The molecule has 3 heteroatoms. The van der Waals surface area contributed by atoms with Crippen LogP contribution in [0.25, 0.3) is 0 Å². The highest BCUT2D eigenvalue weighted by Crippen LogP contribution is 2.35. The molecule has 0 fully saturated rings. The Labute approximate surface area is 88.7 Å². The van der Waals surface area contributed by atoms with E-state index >= 15 is 0 Å². The topological polar surface area (TPSA) is 46.5 Å². The van der Waals surface area contributed by atoms with Crippen molar-refractivity contribution in [2.45, 2.75) is 32.5 Å². The summed E-state index contributed by atoms with van der Waals surface area (Å²) in [6.45, 7) is 5.05. The molecule has 1 aliphatic rings. The van der Waals surface area contributed by atoms with Crippen LogP contribution in [0.4, 0.5) is 0 Å². The van der Waals surface area contributed by atoms with Gasteiger partial charge in [-0.1, -0.05) is 12.1 Å². The third-order valence-corrected chi connectivity index (χ3v) is 2.59. The van der Waals surface area contributed by atoms with Gasteiger partial charge in [0.2, 0.25) is 5.78 Å². The number of fused-ring (bicyclic) bond motifs is 1. The van der Waals surface area contributed by atoms with Crippen molar-refractivity contribution in [1.82, 2.24) is 0 Å². The molecule has 0 spiro atoms. The van der Waals surface area contributed by atoms with E-state index in [4.69, 9.17) is 4.74 Å². The van der Waals surface area contributed by atoms with E-state index in [1.807, 2.05) is 19.1 Å². The van der Waals surface area contributed by atoms with Crippen LogP contribution >= 0.6 is 0 Å². The van der Waals surface area contributed by atoms with Gasteiger partial charge in [-0.2, -0.15) is 0 Å². The van der Waals surface area contributed by atoms with Crippen LogP contribution < -0.4 is 4.74 Å². The maximum atomic E-state index is 11.9. The van der Waals surface area contributed by atoms with Crippen LogP contribution in [-0.2, 0) is 0 Å². The predicted molar refractivity (Wildman–Crippen MR) is 56.2 cm³/mol. The van der Waals surface area contributed by atoms with Gasteiger partial charge in [-0.05, 0) is 32.4 Å². The Morgan fingerprint density at radius 3 is 2.60 bits per heavy atom. The molecule has 0 bridgehead atoms. The Morgan fingerprint density at radius 1 is 1.40 bits per heavy atom. The minimum Gasteiger partial charge on any atom is -0.478 e. The highest BCUT2D eigenvalue weighted by atomic mass is 16.5. The largest absolute Gasteiger partial charge is 0.478 e. The van der Waals surface area contributed by atoms with E-state index in [1.54, 1.807) is 19.9 Å². The first-order valence-corrected chi connectivity index (χ1v) is 4.94. The Bertz CT molecular complexity index is 415. The number of carbonyl (C=O) groups is 1. The number of hydrogen-bond donors (Lipinski definition) is 1. The lowest BCUT2D eigenvalue weighted by molar-refractivity contribution is -0.0140. The van der Waals surface area contributed by atoms with Gasteiger partial charge in [0.15, 0.2) is 6.10 Å². The summed E-state index contributed by atoms with van der Waals surface area (Å²) in [6, 6.07) is 5.44. The normalized spacial score (nSPS) is 20.0. The van der Waals surface area contributed by atoms with Gasteiger partial charge in [0.1, 0.15) is 11.4 Å². The number of ether oxygens (including phenoxy) is 1. The van der Waals surface area contributed by atoms with Crippen LogP contribution in [0.5, 0.6) is 5.75 Å². The molecule has 1 aliphatic heterocycles. The first-order chi connectivity index (χ1) is 6.91. The maximum Gasteiger partial charge on any atom is 0.210 e. The lowest BCUT2D eigenvalue weighted by Crippen LogP contribution is -2.43. The van der Waals surface area contributed by atoms with E-state index in [9.17, 15) is 9.90 Å². The average Bonchev–Trinajstić information content (AvgIpc) is 2.45. The summed E-state index contributed by atoms with van der Waals surface area (Å²) in [5.41, 5.74) is 0.345. The van der Waals surface area contributed by atoms with Crippen molar-refractivity contribution in [3.63, 3.8) is 0 Å².